The third-order valence-electron chi connectivity index (χ3n) is 4.26. The maximum Gasteiger partial charge on any atom is 0.303 e. The zero-order chi connectivity index (χ0) is 21.9. The highest BCUT2D eigenvalue weighted by Crippen LogP contribution is 2.31. The monoisotopic (exact) mass is 407 g/mol. The SMILES string of the molecule is CCOc1[nH]n(-c2ccc(C=O)cc2)c(=O)c1N=Nc1n[nH]c(C(C)(C)C)c1C#N. The van der Waals surface area contributed by atoms with Gasteiger partial charge in [-0.3, -0.25) is 19.8 Å². The first-order chi connectivity index (χ1) is 14.3. The van der Waals surface area contributed by atoms with Gasteiger partial charge in [-0.15, -0.1) is 10.2 Å². The van der Waals surface area contributed by atoms with Crippen molar-refractivity contribution in [3.8, 4) is 17.6 Å². The number of azo groups is 1. The molecule has 0 aliphatic heterocycles. The lowest BCUT2D eigenvalue weighted by atomic mass is 9.90. The minimum absolute atomic E-state index is 0.0551. The molecule has 0 atom stereocenters. The molecular formula is C20H21N7O3. The first-order valence-electron chi connectivity index (χ1n) is 9.24. The lowest BCUT2D eigenvalue weighted by molar-refractivity contribution is 0.112. The minimum Gasteiger partial charge on any atom is -0.477 e. The van der Waals surface area contributed by atoms with E-state index in [9.17, 15) is 14.9 Å². The molecule has 30 heavy (non-hydrogen) atoms. The molecule has 10 nitrogen and oxygen atoms in total. The Bertz CT molecular complexity index is 1190. The number of hydrogen-bond acceptors (Lipinski definition) is 7. The summed E-state index contributed by atoms with van der Waals surface area (Å²) >= 11 is 0. The first kappa shape index (κ1) is 20.7. The number of aromatic nitrogens is 4. The van der Waals surface area contributed by atoms with Crippen LogP contribution in [0, 0.1) is 11.3 Å². The fourth-order valence-corrected chi connectivity index (χ4v) is 2.78. The number of hydrogen-bond donors (Lipinski definition) is 2. The van der Waals surface area contributed by atoms with E-state index in [1.54, 1.807) is 31.2 Å². The third kappa shape index (κ3) is 3.91. The highest BCUT2D eigenvalue weighted by Gasteiger charge is 2.24. The van der Waals surface area contributed by atoms with Crippen LogP contribution in [-0.2, 0) is 5.41 Å². The zero-order valence-electron chi connectivity index (χ0n) is 17.1. The molecule has 2 heterocycles. The number of benzene rings is 1. The van der Waals surface area contributed by atoms with E-state index in [1.165, 1.54) is 4.68 Å². The number of ether oxygens (including phenoxy) is 1. The molecule has 0 fully saturated rings. The van der Waals surface area contributed by atoms with E-state index in [2.05, 4.69) is 31.6 Å². The van der Waals surface area contributed by atoms with Crippen molar-refractivity contribution in [2.75, 3.05) is 6.61 Å². The van der Waals surface area contributed by atoms with Crippen LogP contribution in [0.2, 0.25) is 0 Å². The number of aromatic amines is 2. The van der Waals surface area contributed by atoms with Gasteiger partial charge < -0.3 is 4.74 Å². The molecular weight excluding hydrogens is 386 g/mol. The first-order valence-corrected chi connectivity index (χ1v) is 9.24. The van der Waals surface area contributed by atoms with E-state index in [0.717, 1.165) is 6.29 Å². The Kier molecular flexibility index (Phi) is 5.64. The Hall–Kier alpha value is -4.00. The number of nitrogens with zero attached hydrogens (tertiary/aromatic N) is 5. The van der Waals surface area contributed by atoms with Gasteiger partial charge in [0.25, 0.3) is 0 Å². The largest absolute Gasteiger partial charge is 0.477 e. The molecule has 0 saturated carbocycles. The summed E-state index contributed by atoms with van der Waals surface area (Å²) in [6.07, 6.45) is 0.717. The van der Waals surface area contributed by atoms with Crippen LogP contribution in [0.4, 0.5) is 11.5 Å². The van der Waals surface area contributed by atoms with Gasteiger partial charge >= 0.3 is 5.56 Å². The van der Waals surface area contributed by atoms with Crippen LogP contribution in [-0.4, -0.2) is 32.9 Å². The molecule has 0 aliphatic carbocycles. The van der Waals surface area contributed by atoms with Crippen molar-refractivity contribution in [3.63, 3.8) is 0 Å². The Labute approximate surface area is 172 Å². The number of H-pyrrole nitrogens is 2. The van der Waals surface area contributed by atoms with E-state index < -0.39 is 5.56 Å². The van der Waals surface area contributed by atoms with E-state index in [-0.39, 0.29) is 28.4 Å². The van der Waals surface area contributed by atoms with Gasteiger partial charge in [-0.1, -0.05) is 20.8 Å². The Balaban J connectivity index is 2.05. The average Bonchev–Trinajstić information content (AvgIpc) is 3.27. The smallest absolute Gasteiger partial charge is 0.303 e. The van der Waals surface area contributed by atoms with Crippen LogP contribution in [0.1, 0.15) is 49.3 Å². The van der Waals surface area contributed by atoms with E-state index in [0.29, 0.717) is 23.6 Å². The van der Waals surface area contributed by atoms with Crippen LogP contribution < -0.4 is 10.3 Å². The van der Waals surface area contributed by atoms with Gasteiger partial charge in [-0.2, -0.15) is 10.4 Å². The summed E-state index contributed by atoms with van der Waals surface area (Å²) in [6, 6.07) is 8.51. The Morgan fingerprint density at radius 3 is 2.53 bits per heavy atom. The minimum atomic E-state index is -0.494. The molecule has 0 aliphatic rings. The Morgan fingerprint density at radius 2 is 1.97 bits per heavy atom. The van der Waals surface area contributed by atoms with Crippen LogP contribution >= 0.6 is 0 Å². The zero-order valence-corrected chi connectivity index (χ0v) is 17.1. The maximum absolute atomic E-state index is 12.9. The number of nitrogens with one attached hydrogen (secondary N) is 2. The lowest BCUT2D eigenvalue weighted by Crippen LogP contribution is -2.14. The third-order valence-corrected chi connectivity index (χ3v) is 4.26. The molecule has 154 valence electrons. The van der Waals surface area contributed by atoms with Crippen LogP contribution in [0.25, 0.3) is 5.69 Å². The molecule has 3 rings (SSSR count). The molecule has 1 aromatic carbocycles. The van der Waals surface area contributed by atoms with Crippen molar-refractivity contribution in [1.29, 1.82) is 5.26 Å². The van der Waals surface area contributed by atoms with E-state index in [4.69, 9.17) is 4.74 Å². The number of aldehydes is 1. The molecule has 2 N–H and O–H groups in total. The normalized spacial score (nSPS) is 11.6. The summed E-state index contributed by atoms with van der Waals surface area (Å²) in [4.78, 5) is 23.7. The van der Waals surface area contributed by atoms with E-state index >= 15 is 0 Å². The number of rotatable bonds is 6. The second kappa shape index (κ2) is 8.16. The molecule has 3 aromatic rings. The fourth-order valence-electron chi connectivity index (χ4n) is 2.78. The molecule has 0 unspecified atom stereocenters. The van der Waals surface area contributed by atoms with Gasteiger partial charge in [-0.05, 0) is 31.2 Å². The number of nitriles is 1. The maximum atomic E-state index is 12.9. The second-order valence-electron chi connectivity index (χ2n) is 7.43. The van der Waals surface area contributed by atoms with Crippen molar-refractivity contribution in [2.24, 2.45) is 10.2 Å². The van der Waals surface area contributed by atoms with Crippen molar-refractivity contribution in [1.82, 2.24) is 20.0 Å². The molecule has 0 radical (unpaired) electrons. The predicted octanol–water partition coefficient (Wildman–Crippen LogP) is 3.68. The molecule has 2 aromatic heterocycles. The molecule has 10 heteroatoms. The van der Waals surface area contributed by atoms with Gasteiger partial charge in [0.15, 0.2) is 0 Å². The van der Waals surface area contributed by atoms with Gasteiger partial charge in [-0.25, -0.2) is 4.68 Å². The van der Waals surface area contributed by atoms with Gasteiger partial charge in [0, 0.05) is 11.0 Å². The van der Waals surface area contributed by atoms with Gasteiger partial charge in [0.05, 0.1) is 18.0 Å². The van der Waals surface area contributed by atoms with Crippen molar-refractivity contribution < 1.29 is 9.53 Å². The fraction of sp³-hybridized carbons (Fsp3) is 0.300. The van der Waals surface area contributed by atoms with Crippen molar-refractivity contribution in [2.45, 2.75) is 33.1 Å². The summed E-state index contributed by atoms with van der Waals surface area (Å²) in [5.74, 6) is 0.225. The summed E-state index contributed by atoms with van der Waals surface area (Å²) in [5, 5.41) is 27.3. The van der Waals surface area contributed by atoms with Crippen LogP contribution in [0.5, 0.6) is 5.88 Å². The summed E-state index contributed by atoms with van der Waals surface area (Å²) in [7, 11) is 0. The summed E-state index contributed by atoms with van der Waals surface area (Å²) in [5.41, 5.74) is 1.000. The summed E-state index contributed by atoms with van der Waals surface area (Å²) in [6.45, 7) is 7.89. The summed E-state index contributed by atoms with van der Waals surface area (Å²) < 4.78 is 6.73. The highest BCUT2D eigenvalue weighted by molar-refractivity contribution is 5.75. The molecule has 0 bridgehead atoms. The Morgan fingerprint density at radius 1 is 1.27 bits per heavy atom. The molecule has 0 amide bonds. The molecule has 0 saturated heterocycles. The van der Waals surface area contributed by atoms with Crippen molar-refractivity contribution >= 4 is 17.8 Å². The van der Waals surface area contributed by atoms with Crippen LogP contribution in [0.3, 0.4) is 0 Å². The van der Waals surface area contributed by atoms with E-state index in [1.807, 2.05) is 20.8 Å². The quantitative estimate of drug-likeness (QED) is 0.473. The van der Waals surface area contributed by atoms with Crippen LogP contribution in [0.15, 0.2) is 39.3 Å². The molecule has 0 spiro atoms. The second-order valence-corrected chi connectivity index (χ2v) is 7.43. The van der Waals surface area contributed by atoms with Gasteiger partial charge in [0.2, 0.25) is 17.4 Å². The number of carbonyl (C=O) groups excluding carboxylic acids is 1. The number of carbonyl (C=O) groups is 1. The lowest BCUT2D eigenvalue weighted by Gasteiger charge is -2.15. The topological polar surface area (TPSA) is 141 Å². The van der Waals surface area contributed by atoms with Crippen molar-refractivity contribution in [3.05, 3.63) is 51.4 Å². The highest BCUT2D eigenvalue weighted by atomic mass is 16.5. The standard InChI is InChI=1S/C20H21N7O3/c1-5-30-18-15(19(29)27(26-18)13-8-6-12(11-28)7-9-13)22-24-17-14(10-21)16(23-25-17)20(2,3)4/h6-9,11,26H,5H2,1-4H3,(H,23,25). The predicted molar refractivity (Wildman–Crippen MR) is 109 cm³/mol. The van der Waals surface area contributed by atoms with Gasteiger partial charge in [0.1, 0.15) is 17.9 Å². The average molecular weight is 407 g/mol.